The van der Waals surface area contributed by atoms with Gasteiger partial charge in [-0.15, -0.1) is 0 Å². The van der Waals surface area contributed by atoms with Crippen LogP contribution in [-0.2, 0) is 4.79 Å². The summed E-state index contributed by atoms with van der Waals surface area (Å²) in [4.78, 5) is 18.8. The molecule has 7 heteroatoms. The zero-order valence-electron chi connectivity index (χ0n) is 16.8. The van der Waals surface area contributed by atoms with E-state index in [1.165, 1.54) is 25.0 Å². The van der Waals surface area contributed by atoms with Crippen LogP contribution in [0.4, 0.5) is 4.39 Å². The molecule has 0 bridgehead atoms. The van der Waals surface area contributed by atoms with Gasteiger partial charge < -0.3 is 20.3 Å². The summed E-state index contributed by atoms with van der Waals surface area (Å²) >= 11 is 0. The highest BCUT2D eigenvalue weighted by Gasteiger charge is 2.32. The molecule has 1 saturated heterocycles. The van der Waals surface area contributed by atoms with E-state index in [0.717, 1.165) is 32.4 Å². The van der Waals surface area contributed by atoms with Gasteiger partial charge in [0.25, 0.3) is 0 Å². The summed E-state index contributed by atoms with van der Waals surface area (Å²) in [5.41, 5.74) is 0. The van der Waals surface area contributed by atoms with Crippen molar-refractivity contribution in [2.75, 3.05) is 26.7 Å². The van der Waals surface area contributed by atoms with Crippen LogP contribution in [-0.4, -0.2) is 55.6 Å². The average molecular weight is 391 g/mol. The second-order valence-electron chi connectivity index (χ2n) is 7.73. The lowest BCUT2D eigenvalue weighted by Crippen LogP contribution is -2.47. The Balaban J connectivity index is 1.41. The third-order valence-corrected chi connectivity index (χ3v) is 5.46. The normalized spacial score (nSPS) is 21.6. The van der Waals surface area contributed by atoms with Gasteiger partial charge in [-0.3, -0.25) is 9.79 Å². The first-order valence-electron chi connectivity index (χ1n) is 10.2. The van der Waals surface area contributed by atoms with E-state index in [4.69, 9.17) is 4.74 Å². The molecule has 1 saturated carbocycles. The molecular formula is C21H31FN4O2. The molecule has 2 atom stereocenters. The molecule has 154 valence electrons. The molecule has 2 aliphatic rings. The fraction of sp³-hybridized carbons (Fsp3) is 0.619. The van der Waals surface area contributed by atoms with Crippen molar-refractivity contribution in [3.8, 4) is 5.75 Å². The maximum absolute atomic E-state index is 13.2. The molecule has 1 aromatic carbocycles. The Kier molecular flexibility index (Phi) is 7.12. The van der Waals surface area contributed by atoms with E-state index in [1.54, 1.807) is 19.2 Å². The highest BCUT2D eigenvalue weighted by molar-refractivity contribution is 5.81. The summed E-state index contributed by atoms with van der Waals surface area (Å²) in [7, 11) is 1.73. The molecule has 0 aromatic heterocycles. The van der Waals surface area contributed by atoms with Crippen LogP contribution >= 0.6 is 0 Å². The molecule has 6 nitrogen and oxygen atoms in total. The van der Waals surface area contributed by atoms with Gasteiger partial charge in [0, 0.05) is 38.2 Å². The van der Waals surface area contributed by atoms with E-state index in [9.17, 15) is 9.18 Å². The van der Waals surface area contributed by atoms with E-state index in [0.29, 0.717) is 24.2 Å². The fourth-order valence-corrected chi connectivity index (χ4v) is 3.95. The third kappa shape index (κ3) is 5.59. The van der Waals surface area contributed by atoms with Crippen molar-refractivity contribution in [1.29, 1.82) is 0 Å². The van der Waals surface area contributed by atoms with Crippen LogP contribution in [0.15, 0.2) is 29.3 Å². The van der Waals surface area contributed by atoms with Crippen molar-refractivity contribution in [3.63, 3.8) is 0 Å². The number of guanidine groups is 1. The number of nitrogens with one attached hydrogen (secondary N) is 2. The number of likely N-dealkylation sites (tertiary alicyclic amines) is 1. The molecule has 1 aromatic rings. The monoisotopic (exact) mass is 390 g/mol. The van der Waals surface area contributed by atoms with E-state index < -0.39 is 0 Å². The highest BCUT2D eigenvalue weighted by Crippen LogP contribution is 2.27. The number of halogens is 1. The zero-order chi connectivity index (χ0) is 19.9. The summed E-state index contributed by atoms with van der Waals surface area (Å²) in [5.74, 6) is 1.44. The summed E-state index contributed by atoms with van der Waals surface area (Å²) in [6, 6.07) is 6.34. The van der Waals surface area contributed by atoms with E-state index in [-0.39, 0.29) is 23.9 Å². The van der Waals surface area contributed by atoms with Crippen molar-refractivity contribution in [2.24, 2.45) is 10.9 Å². The standard InChI is InChI=1S/C21H31FN4O2/c1-15(28-19-9-5-8-17(22)12-19)13-24-21(23-2)25-18-10-11-26(14-18)20(27)16-6-3-4-7-16/h5,8-9,12,15-16,18H,3-4,6-7,10-11,13-14H2,1-2H3,(H2,23,24,25). The van der Waals surface area contributed by atoms with Crippen molar-refractivity contribution < 1.29 is 13.9 Å². The number of amides is 1. The zero-order valence-corrected chi connectivity index (χ0v) is 16.8. The fourth-order valence-electron chi connectivity index (χ4n) is 3.95. The van der Waals surface area contributed by atoms with Gasteiger partial charge in [-0.1, -0.05) is 18.9 Å². The lowest BCUT2D eigenvalue weighted by Gasteiger charge is -2.22. The van der Waals surface area contributed by atoms with Crippen molar-refractivity contribution in [3.05, 3.63) is 30.1 Å². The molecule has 2 fully saturated rings. The van der Waals surface area contributed by atoms with Gasteiger partial charge in [-0.25, -0.2) is 4.39 Å². The number of aliphatic imine (C=N–C) groups is 1. The number of hydrogen-bond donors (Lipinski definition) is 2. The number of carbonyl (C=O) groups is 1. The number of benzene rings is 1. The maximum Gasteiger partial charge on any atom is 0.225 e. The lowest BCUT2D eigenvalue weighted by atomic mass is 10.1. The van der Waals surface area contributed by atoms with Gasteiger partial charge in [0.2, 0.25) is 5.91 Å². The van der Waals surface area contributed by atoms with Gasteiger partial charge in [0.05, 0.1) is 6.54 Å². The first kappa shape index (κ1) is 20.4. The topological polar surface area (TPSA) is 66.0 Å². The van der Waals surface area contributed by atoms with Crippen LogP contribution in [0, 0.1) is 11.7 Å². The van der Waals surface area contributed by atoms with Crippen molar-refractivity contribution >= 4 is 11.9 Å². The van der Waals surface area contributed by atoms with Crippen molar-refractivity contribution in [1.82, 2.24) is 15.5 Å². The Morgan fingerprint density at radius 1 is 1.36 bits per heavy atom. The molecule has 2 unspecified atom stereocenters. The van der Waals surface area contributed by atoms with Crippen molar-refractivity contribution in [2.45, 2.75) is 51.2 Å². The van der Waals surface area contributed by atoms with Gasteiger partial charge in [-0.2, -0.15) is 0 Å². The third-order valence-electron chi connectivity index (χ3n) is 5.46. The van der Waals surface area contributed by atoms with Gasteiger partial charge in [-0.05, 0) is 38.3 Å². The molecule has 3 rings (SSSR count). The van der Waals surface area contributed by atoms with Gasteiger partial charge in [0.1, 0.15) is 17.7 Å². The minimum absolute atomic E-state index is 0.149. The highest BCUT2D eigenvalue weighted by atomic mass is 19.1. The Morgan fingerprint density at radius 2 is 2.14 bits per heavy atom. The maximum atomic E-state index is 13.2. The van der Waals surface area contributed by atoms with E-state index >= 15 is 0 Å². The number of ether oxygens (including phenoxy) is 1. The quantitative estimate of drug-likeness (QED) is 0.579. The Bertz CT molecular complexity index is 691. The molecule has 28 heavy (non-hydrogen) atoms. The molecule has 1 heterocycles. The molecule has 2 N–H and O–H groups in total. The molecule has 0 radical (unpaired) electrons. The first-order chi connectivity index (χ1) is 13.5. The Labute approximate surface area is 166 Å². The summed E-state index contributed by atoms with van der Waals surface area (Å²) in [5, 5.41) is 6.65. The largest absolute Gasteiger partial charge is 0.489 e. The van der Waals surface area contributed by atoms with Crippen LogP contribution in [0.2, 0.25) is 0 Å². The molecule has 1 aliphatic heterocycles. The first-order valence-corrected chi connectivity index (χ1v) is 10.2. The van der Waals surface area contributed by atoms with Gasteiger partial charge in [0.15, 0.2) is 5.96 Å². The van der Waals surface area contributed by atoms with Crippen LogP contribution < -0.4 is 15.4 Å². The Morgan fingerprint density at radius 3 is 2.86 bits per heavy atom. The SMILES string of the molecule is CN=C(NCC(C)Oc1cccc(F)c1)NC1CCN(C(=O)C2CCCC2)C1. The van der Waals surface area contributed by atoms with Crippen LogP contribution in [0.1, 0.15) is 39.0 Å². The number of rotatable bonds is 6. The molecule has 1 amide bonds. The number of carbonyl (C=O) groups excluding carboxylic acids is 1. The van der Waals surface area contributed by atoms with Crippen LogP contribution in [0.25, 0.3) is 0 Å². The minimum atomic E-state index is -0.312. The smallest absolute Gasteiger partial charge is 0.225 e. The summed E-state index contributed by atoms with van der Waals surface area (Å²) in [6.45, 7) is 3.99. The number of nitrogens with zero attached hydrogens (tertiary/aromatic N) is 2. The molecule has 1 aliphatic carbocycles. The van der Waals surface area contributed by atoms with E-state index in [2.05, 4.69) is 15.6 Å². The summed E-state index contributed by atoms with van der Waals surface area (Å²) < 4.78 is 19.0. The summed E-state index contributed by atoms with van der Waals surface area (Å²) in [6.07, 6.45) is 5.22. The second-order valence-corrected chi connectivity index (χ2v) is 7.73. The predicted molar refractivity (Wildman–Crippen MR) is 108 cm³/mol. The Hall–Kier alpha value is -2.31. The minimum Gasteiger partial charge on any atom is -0.489 e. The van der Waals surface area contributed by atoms with Crippen LogP contribution in [0.3, 0.4) is 0 Å². The van der Waals surface area contributed by atoms with E-state index in [1.807, 2.05) is 11.8 Å². The lowest BCUT2D eigenvalue weighted by molar-refractivity contribution is -0.134. The molecular weight excluding hydrogens is 359 g/mol. The van der Waals surface area contributed by atoms with Crippen LogP contribution in [0.5, 0.6) is 5.75 Å². The predicted octanol–water partition coefficient (Wildman–Crippen LogP) is 2.55. The van der Waals surface area contributed by atoms with Gasteiger partial charge >= 0.3 is 0 Å². The number of hydrogen-bond acceptors (Lipinski definition) is 3. The second kappa shape index (κ2) is 9.75. The molecule has 0 spiro atoms. The average Bonchev–Trinajstić information content (AvgIpc) is 3.36.